The standard InChI is InChI=1S/C24H36N6/c1-2-25-24(28-16-6-5-15-27-23-9-3-4-14-26-23)29-19-21-10-12-22(13-11-21)20-30-17-7-8-18-30/h3-4,9-14H,2,5-8,15-20H2,1H3,(H,26,27)(H2,25,28,29). The van der Waals surface area contributed by atoms with Crippen molar-refractivity contribution in [3.8, 4) is 0 Å². The third-order valence-electron chi connectivity index (χ3n) is 5.26. The number of aliphatic imine (C=N–C) groups is 1. The Balaban J connectivity index is 1.36. The average Bonchev–Trinajstić information content (AvgIpc) is 3.29. The zero-order valence-electron chi connectivity index (χ0n) is 18.2. The number of anilines is 1. The van der Waals surface area contributed by atoms with E-state index in [1.54, 1.807) is 0 Å². The Hall–Kier alpha value is -2.60. The van der Waals surface area contributed by atoms with Gasteiger partial charge in [-0.25, -0.2) is 9.98 Å². The van der Waals surface area contributed by atoms with E-state index in [2.05, 4.69) is 57.0 Å². The fourth-order valence-electron chi connectivity index (χ4n) is 3.60. The van der Waals surface area contributed by atoms with Crippen LogP contribution in [0.1, 0.15) is 43.7 Å². The molecule has 0 saturated carbocycles. The van der Waals surface area contributed by atoms with Gasteiger partial charge in [-0.1, -0.05) is 30.3 Å². The molecule has 0 spiro atoms. The van der Waals surface area contributed by atoms with Crippen LogP contribution in [0.15, 0.2) is 53.7 Å². The number of benzene rings is 1. The molecular formula is C24H36N6. The van der Waals surface area contributed by atoms with Gasteiger partial charge in [0.25, 0.3) is 0 Å². The maximum Gasteiger partial charge on any atom is 0.191 e. The summed E-state index contributed by atoms with van der Waals surface area (Å²) < 4.78 is 0. The van der Waals surface area contributed by atoms with Crippen LogP contribution in [-0.2, 0) is 13.1 Å². The number of unbranched alkanes of at least 4 members (excludes halogenated alkanes) is 1. The quantitative estimate of drug-likeness (QED) is 0.301. The van der Waals surface area contributed by atoms with Gasteiger partial charge in [-0.2, -0.15) is 0 Å². The van der Waals surface area contributed by atoms with Crippen molar-refractivity contribution in [2.75, 3.05) is 38.0 Å². The number of pyridine rings is 1. The van der Waals surface area contributed by atoms with Crippen molar-refractivity contribution in [2.24, 2.45) is 4.99 Å². The summed E-state index contributed by atoms with van der Waals surface area (Å²) in [6.45, 7) is 9.04. The molecule has 2 aromatic rings. The maximum atomic E-state index is 4.74. The first-order valence-electron chi connectivity index (χ1n) is 11.3. The van der Waals surface area contributed by atoms with E-state index in [9.17, 15) is 0 Å². The molecule has 1 saturated heterocycles. The molecule has 30 heavy (non-hydrogen) atoms. The van der Waals surface area contributed by atoms with Crippen LogP contribution in [0.2, 0.25) is 0 Å². The molecule has 0 bridgehead atoms. The van der Waals surface area contributed by atoms with Crippen molar-refractivity contribution in [2.45, 2.75) is 45.7 Å². The first kappa shape index (κ1) is 22.1. The lowest BCUT2D eigenvalue weighted by atomic mass is 10.1. The number of nitrogens with one attached hydrogen (secondary N) is 3. The van der Waals surface area contributed by atoms with Gasteiger partial charge >= 0.3 is 0 Å². The molecule has 0 atom stereocenters. The molecule has 3 N–H and O–H groups in total. The van der Waals surface area contributed by atoms with Crippen LogP contribution in [0.3, 0.4) is 0 Å². The minimum absolute atomic E-state index is 0.695. The first-order valence-corrected chi connectivity index (χ1v) is 11.3. The van der Waals surface area contributed by atoms with Crippen LogP contribution in [-0.4, -0.2) is 48.6 Å². The Morgan fingerprint density at radius 2 is 1.73 bits per heavy atom. The Bertz CT molecular complexity index is 738. The van der Waals surface area contributed by atoms with Crippen molar-refractivity contribution in [1.82, 2.24) is 20.5 Å². The SMILES string of the molecule is CCNC(=NCc1ccc(CN2CCCC2)cc1)NCCCCNc1ccccn1. The molecular weight excluding hydrogens is 372 g/mol. The van der Waals surface area contributed by atoms with Crippen LogP contribution in [0.5, 0.6) is 0 Å². The van der Waals surface area contributed by atoms with Gasteiger partial charge in [0.05, 0.1) is 6.54 Å². The van der Waals surface area contributed by atoms with E-state index in [1.807, 2.05) is 24.4 Å². The number of likely N-dealkylation sites (tertiary alicyclic amines) is 1. The summed E-state index contributed by atoms with van der Waals surface area (Å²) in [5.74, 6) is 1.82. The molecule has 0 radical (unpaired) electrons. The molecule has 6 heteroatoms. The molecule has 1 aliphatic heterocycles. The van der Waals surface area contributed by atoms with Gasteiger partial charge in [0.1, 0.15) is 5.82 Å². The number of hydrogen-bond donors (Lipinski definition) is 3. The molecule has 3 rings (SSSR count). The number of guanidine groups is 1. The van der Waals surface area contributed by atoms with E-state index in [-0.39, 0.29) is 0 Å². The minimum Gasteiger partial charge on any atom is -0.370 e. The van der Waals surface area contributed by atoms with E-state index in [1.165, 1.54) is 37.1 Å². The Morgan fingerprint density at radius 1 is 0.967 bits per heavy atom. The Morgan fingerprint density at radius 3 is 2.47 bits per heavy atom. The zero-order chi connectivity index (χ0) is 20.9. The van der Waals surface area contributed by atoms with E-state index < -0.39 is 0 Å². The summed E-state index contributed by atoms with van der Waals surface area (Å²) in [7, 11) is 0. The molecule has 1 aliphatic rings. The summed E-state index contributed by atoms with van der Waals surface area (Å²) in [5.41, 5.74) is 2.64. The third-order valence-corrected chi connectivity index (χ3v) is 5.26. The van der Waals surface area contributed by atoms with Crippen molar-refractivity contribution >= 4 is 11.8 Å². The van der Waals surface area contributed by atoms with E-state index in [0.29, 0.717) is 6.54 Å². The lowest BCUT2D eigenvalue weighted by molar-refractivity contribution is 0.331. The predicted molar refractivity (Wildman–Crippen MR) is 126 cm³/mol. The molecule has 0 aliphatic carbocycles. The highest BCUT2D eigenvalue weighted by atomic mass is 15.2. The van der Waals surface area contributed by atoms with Crippen LogP contribution in [0.25, 0.3) is 0 Å². The topological polar surface area (TPSA) is 64.6 Å². The van der Waals surface area contributed by atoms with E-state index in [0.717, 1.165) is 50.8 Å². The molecule has 162 valence electrons. The molecule has 1 aromatic heterocycles. The monoisotopic (exact) mass is 408 g/mol. The van der Waals surface area contributed by atoms with Gasteiger partial charge in [-0.3, -0.25) is 4.90 Å². The maximum absolute atomic E-state index is 4.74. The summed E-state index contributed by atoms with van der Waals surface area (Å²) in [5, 5.41) is 10.1. The molecule has 1 aromatic carbocycles. The molecule has 6 nitrogen and oxygen atoms in total. The fraction of sp³-hybridized carbons (Fsp3) is 0.500. The van der Waals surface area contributed by atoms with Gasteiger partial charge in [0, 0.05) is 32.4 Å². The van der Waals surface area contributed by atoms with Crippen LogP contribution in [0, 0.1) is 0 Å². The molecule has 1 fully saturated rings. The number of hydrogen-bond acceptors (Lipinski definition) is 4. The molecule has 0 amide bonds. The number of nitrogens with zero attached hydrogens (tertiary/aromatic N) is 3. The number of aromatic nitrogens is 1. The predicted octanol–water partition coefficient (Wildman–Crippen LogP) is 3.62. The summed E-state index contributed by atoms with van der Waals surface area (Å²) in [4.78, 5) is 11.5. The second-order valence-electron chi connectivity index (χ2n) is 7.77. The molecule has 0 unspecified atom stereocenters. The smallest absolute Gasteiger partial charge is 0.191 e. The van der Waals surface area contributed by atoms with Crippen LogP contribution < -0.4 is 16.0 Å². The van der Waals surface area contributed by atoms with Gasteiger partial charge in [0.2, 0.25) is 0 Å². The second kappa shape index (κ2) is 12.9. The van der Waals surface area contributed by atoms with Gasteiger partial charge in [0.15, 0.2) is 5.96 Å². The lowest BCUT2D eigenvalue weighted by Gasteiger charge is -2.14. The number of rotatable bonds is 11. The van der Waals surface area contributed by atoms with Gasteiger partial charge < -0.3 is 16.0 Å². The van der Waals surface area contributed by atoms with E-state index in [4.69, 9.17) is 4.99 Å². The molecule has 2 heterocycles. The minimum atomic E-state index is 0.695. The van der Waals surface area contributed by atoms with Crippen molar-refractivity contribution < 1.29 is 0 Å². The highest BCUT2D eigenvalue weighted by molar-refractivity contribution is 5.79. The summed E-state index contributed by atoms with van der Waals surface area (Å²) in [6.07, 6.45) is 6.66. The summed E-state index contributed by atoms with van der Waals surface area (Å²) in [6, 6.07) is 14.8. The van der Waals surface area contributed by atoms with Crippen LogP contribution >= 0.6 is 0 Å². The second-order valence-corrected chi connectivity index (χ2v) is 7.77. The Kier molecular flexibility index (Phi) is 9.47. The van der Waals surface area contributed by atoms with Crippen molar-refractivity contribution in [1.29, 1.82) is 0 Å². The van der Waals surface area contributed by atoms with Crippen molar-refractivity contribution in [3.63, 3.8) is 0 Å². The third kappa shape index (κ3) is 8.03. The van der Waals surface area contributed by atoms with E-state index >= 15 is 0 Å². The lowest BCUT2D eigenvalue weighted by Crippen LogP contribution is -2.37. The Labute approximate surface area is 181 Å². The first-order chi connectivity index (χ1) is 14.8. The zero-order valence-corrected chi connectivity index (χ0v) is 18.2. The largest absolute Gasteiger partial charge is 0.370 e. The highest BCUT2D eigenvalue weighted by Crippen LogP contribution is 2.13. The normalized spacial score (nSPS) is 14.6. The highest BCUT2D eigenvalue weighted by Gasteiger charge is 2.11. The van der Waals surface area contributed by atoms with Crippen LogP contribution in [0.4, 0.5) is 5.82 Å². The van der Waals surface area contributed by atoms with Crippen molar-refractivity contribution in [3.05, 3.63) is 59.8 Å². The average molecular weight is 409 g/mol. The van der Waals surface area contributed by atoms with Gasteiger partial charge in [-0.05, 0) is 69.0 Å². The summed E-state index contributed by atoms with van der Waals surface area (Å²) >= 11 is 0. The van der Waals surface area contributed by atoms with Gasteiger partial charge in [-0.15, -0.1) is 0 Å². The fourth-order valence-corrected chi connectivity index (χ4v) is 3.60.